The Morgan fingerprint density at radius 3 is 2.96 bits per heavy atom. The highest BCUT2D eigenvalue weighted by Gasteiger charge is 2.29. The number of aromatic nitrogens is 1. The van der Waals surface area contributed by atoms with Crippen LogP contribution >= 0.6 is 0 Å². The van der Waals surface area contributed by atoms with Crippen LogP contribution in [0.1, 0.15) is 12.5 Å². The fourth-order valence-corrected chi connectivity index (χ4v) is 3.03. The van der Waals surface area contributed by atoms with Gasteiger partial charge in [-0.25, -0.2) is 9.98 Å². The molecule has 5 nitrogen and oxygen atoms in total. The van der Waals surface area contributed by atoms with Gasteiger partial charge in [0.15, 0.2) is 5.96 Å². The number of piperazine rings is 1. The highest BCUT2D eigenvalue weighted by Crippen LogP contribution is 2.17. The zero-order valence-electron chi connectivity index (χ0n) is 13.4. The maximum absolute atomic E-state index is 13.3. The summed E-state index contributed by atoms with van der Waals surface area (Å²) < 4.78 is 13.3. The Kier molecular flexibility index (Phi) is 5.09. The number of pyridine rings is 1. The van der Waals surface area contributed by atoms with Crippen LogP contribution in [0.3, 0.4) is 0 Å². The number of hydrogen-bond acceptors (Lipinski definition) is 5. The normalized spacial score (nSPS) is 21.0. The predicted octanol–water partition coefficient (Wildman–Crippen LogP) is 0.732. The second kappa shape index (κ2) is 7.42. The van der Waals surface area contributed by atoms with Crippen molar-refractivity contribution in [3.63, 3.8) is 0 Å². The third kappa shape index (κ3) is 3.99. The fourth-order valence-electron chi connectivity index (χ4n) is 3.03. The average molecular weight is 315 g/mol. The Morgan fingerprint density at radius 2 is 2.22 bits per heavy atom. The molecule has 0 bridgehead atoms. The molecule has 6 heteroatoms. The summed E-state index contributed by atoms with van der Waals surface area (Å²) in [7, 11) is 0. The van der Waals surface area contributed by atoms with Crippen molar-refractivity contribution in [2.75, 3.05) is 39.3 Å². The molecule has 0 saturated carbocycles. The standard InChI is InChI=1S/C17H22FN5/c1-2-3-8-23-13-15(11-14-4-5-20-16(18)12-14)21-17(23)22-9-6-19-7-10-22/h4-5,12,15,19H,6-11,13H2,1H3. The first-order valence-corrected chi connectivity index (χ1v) is 8.04. The third-order valence-electron chi connectivity index (χ3n) is 4.12. The van der Waals surface area contributed by atoms with Crippen molar-refractivity contribution < 1.29 is 4.39 Å². The van der Waals surface area contributed by atoms with E-state index in [9.17, 15) is 4.39 Å². The van der Waals surface area contributed by atoms with Crippen LogP contribution in [0.5, 0.6) is 0 Å². The summed E-state index contributed by atoms with van der Waals surface area (Å²) in [4.78, 5) is 13.1. The molecule has 1 atom stereocenters. The lowest BCUT2D eigenvalue weighted by Crippen LogP contribution is -2.51. The van der Waals surface area contributed by atoms with Crippen LogP contribution < -0.4 is 5.32 Å². The van der Waals surface area contributed by atoms with Gasteiger partial charge in [0, 0.05) is 38.9 Å². The van der Waals surface area contributed by atoms with Gasteiger partial charge in [0.2, 0.25) is 5.95 Å². The molecule has 0 spiro atoms. The molecule has 122 valence electrons. The predicted molar refractivity (Wildman–Crippen MR) is 88.6 cm³/mol. The third-order valence-corrected chi connectivity index (χ3v) is 4.12. The van der Waals surface area contributed by atoms with Gasteiger partial charge in [-0.15, -0.1) is 5.92 Å². The van der Waals surface area contributed by atoms with E-state index in [1.54, 1.807) is 0 Å². The summed E-state index contributed by atoms with van der Waals surface area (Å²) in [6.45, 7) is 7.27. The fraction of sp³-hybridized carbons (Fsp3) is 0.529. The first kappa shape index (κ1) is 15.8. The van der Waals surface area contributed by atoms with Crippen LogP contribution in [0.15, 0.2) is 23.3 Å². The second-order valence-corrected chi connectivity index (χ2v) is 5.82. The van der Waals surface area contributed by atoms with Crippen LogP contribution in [0.4, 0.5) is 4.39 Å². The van der Waals surface area contributed by atoms with Gasteiger partial charge >= 0.3 is 0 Å². The van der Waals surface area contributed by atoms with Gasteiger partial charge in [-0.05, 0) is 31.0 Å². The van der Waals surface area contributed by atoms with Crippen molar-refractivity contribution in [1.82, 2.24) is 20.1 Å². The SMILES string of the molecule is CC#CCN1CC(Cc2ccnc(F)c2)N=C1N1CCNCC1. The lowest BCUT2D eigenvalue weighted by Gasteiger charge is -2.33. The van der Waals surface area contributed by atoms with E-state index in [0.29, 0.717) is 6.54 Å². The molecule has 0 amide bonds. The molecule has 3 rings (SSSR count). The van der Waals surface area contributed by atoms with Crippen molar-refractivity contribution in [1.29, 1.82) is 0 Å². The van der Waals surface area contributed by atoms with Crippen LogP contribution in [0.25, 0.3) is 0 Å². The van der Waals surface area contributed by atoms with E-state index in [-0.39, 0.29) is 6.04 Å². The van der Waals surface area contributed by atoms with E-state index in [1.807, 2.05) is 13.0 Å². The number of nitrogens with one attached hydrogen (secondary N) is 1. The Balaban J connectivity index is 1.73. The lowest BCUT2D eigenvalue weighted by molar-refractivity contribution is 0.313. The molecular weight excluding hydrogens is 293 g/mol. The van der Waals surface area contributed by atoms with Crippen molar-refractivity contribution in [3.8, 4) is 11.8 Å². The number of nitrogens with zero attached hydrogens (tertiary/aromatic N) is 4. The molecule has 1 aromatic heterocycles. The molecule has 1 saturated heterocycles. The van der Waals surface area contributed by atoms with Gasteiger partial charge in [0.05, 0.1) is 12.6 Å². The average Bonchev–Trinajstić information content (AvgIpc) is 2.96. The summed E-state index contributed by atoms with van der Waals surface area (Å²) in [5.41, 5.74) is 0.939. The van der Waals surface area contributed by atoms with E-state index in [4.69, 9.17) is 4.99 Å². The van der Waals surface area contributed by atoms with Crippen LogP contribution in [-0.4, -0.2) is 66.1 Å². The molecule has 3 heterocycles. The van der Waals surface area contributed by atoms with Gasteiger partial charge in [0.1, 0.15) is 0 Å². The van der Waals surface area contributed by atoms with Crippen LogP contribution in [0.2, 0.25) is 0 Å². The van der Waals surface area contributed by atoms with Crippen LogP contribution in [0, 0.1) is 17.8 Å². The monoisotopic (exact) mass is 315 g/mol. The van der Waals surface area contributed by atoms with Crippen molar-refractivity contribution >= 4 is 5.96 Å². The number of aliphatic imine (C=N–C) groups is 1. The smallest absolute Gasteiger partial charge is 0.213 e. The summed E-state index contributed by atoms with van der Waals surface area (Å²) in [5, 5.41) is 3.36. The van der Waals surface area contributed by atoms with Gasteiger partial charge in [-0.1, -0.05) is 5.92 Å². The van der Waals surface area contributed by atoms with Gasteiger partial charge < -0.3 is 15.1 Å². The molecule has 1 aromatic rings. The topological polar surface area (TPSA) is 43.8 Å². The van der Waals surface area contributed by atoms with Gasteiger partial charge in [-0.2, -0.15) is 4.39 Å². The minimum atomic E-state index is -0.430. The van der Waals surface area contributed by atoms with Crippen molar-refractivity contribution in [2.24, 2.45) is 4.99 Å². The highest BCUT2D eigenvalue weighted by molar-refractivity contribution is 5.82. The number of halogens is 1. The molecule has 0 aromatic carbocycles. The highest BCUT2D eigenvalue weighted by atomic mass is 19.1. The van der Waals surface area contributed by atoms with Gasteiger partial charge in [-0.3, -0.25) is 0 Å². The molecule has 2 aliphatic rings. The lowest BCUT2D eigenvalue weighted by atomic mass is 10.1. The first-order chi connectivity index (χ1) is 11.3. The Hall–Kier alpha value is -2.13. The maximum Gasteiger partial charge on any atom is 0.213 e. The Bertz CT molecular complexity index is 627. The van der Waals surface area contributed by atoms with Gasteiger partial charge in [0.25, 0.3) is 0 Å². The van der Waals surface area contributed by atoms with Crippen molar-refractivity contribution in [3.05, 3.63) is 29.8 Å². The van der Waals surface area contributed by atoms with E-state index in [1.165, 1.54) is 12.3 Å². The summed E-state index contributed by atoms with van der Waals surface area (Å²) in [6.07, 6.45) is 2.24. The molecule has 0 radical (unpaired) electrons. The molecule has 1 N–H and O–H groups in total. The molecule has 0 aliphatic carbocycles. The minimum Gasteiger partial charge on any atom is -0.340 e. The van der Waals surface area contributed by atoms with Crippen LogP contribution in [-0.2, 0) is 6.42 Å². The zero-order valence-corrected chi connectivity index (χ0v) is 13.4. The minimum absolute atomic E-state index is 0.139. The summed E-state index contributed by atoms with van der Waals surface area (Å²) in [5.74, 6) is 6.70. The van der Waals surface area contributed by atoms with E-state index >= 15 is 0 Å². The second-order valence-electron chi connectivity index (χ2n) is 5.82. The molecule has 1 fully saturated rings. The van der Waals surface area contributed by atoms with E-state index in [2.05, 4.69) is 31.9 Å². The van der Waals surface area contributed by atoms with E-state index in [0.717, 1.165) is 50.7 Å². The zero-order chi connectivity index (χ0) is 16.1. The summed E-state index contributed by atoms with van der Waals surface area (Å²) in [6, 6.07) is 3.49. The maximum atomic E-state index is 13.3. The molecule has 23 heavy (non-hydrogen) atoms. The number of rotatable bonds is 3. The first-order valence-electron chi connectivity index (χ1n) is 8.04. The number of guanidine groups is 1. The Labute approximate surface area is 136 Å². The Morgan fingerprint density at radius 1 is 1.39 bits per heavy atom. The van der Waals surface area contributed by atoms with E-state index < -0.39 is 5.95 Å². The summed E-state index contributed by atoms with van der Waals surface area (Å²) >= 11 is 0. The molecule has 1 unspecified atom stereocenters. The number of hydrogen-bond donors (Lipinski definition) is 1. The quantitative estimate of drug-likeness (QED) is 0.660. The molecular formula is C17H22FN5. The largest absolute Gasteiger partial charge is 0.340 e. The van der Waals surface area contributed by atoms with Crippen molar-refractivity contribution in [2.45, 2.75) is 19.4 Å². The molecule has 2 aliphatic heterocycles.